The van der Waals surface area contributed by atoms with Crippen LogP contribution in [0.4, 0.5) is 5.69 Å². The van der Waals surface area contributed by atoms with E-state index in [0.717, 1.165) is 32.8 Å². The maximum Gasteiger partial charge on any atom is 0.0683 e. The monoisotopic (exact) mass is 235 g/mol. The number of hydrogen-bond acceptors (Lipinski definition) is 4. The molecular formula is C13H21N3O. The van der Waals surface area contributed by atoms with Gasteiger partial charge in [0.15, 0.2) is 0 Å². The molecule has 1 aromatic heterocycles. The van der Waals surface area contributed by atoms with Gasteiger partial charge in [-0.25, -0.2) is 0 Å². The zero-order chi connectivity index (χ0) is 12.1. The highest BCUT2D eigenvalue weighted by atomic mass is 16.5. The molecule has 1 aliphatic rings. The molecule has 1 aliphatic heterocycles. The largest absolute Gasteiger partial charge is 0.377 e. The number of rotatable bonds is 4. The fraction of sp³-hybridized carbons (Fsp3) is 0.615. The van der Waals surface area contributed by atoms with Crippen molar-refractivity contribution in [1.29, 1.82) is 0 Å². The van der Waals surface area contributed by atoms with Crippen LogP contribution in [0.15, 0.2) is 18.5 Å². The Morgan fingerprint density at radius 1 is 1.59 bits per heavy atom. The van der Waals surface area contributed by atoms with Crippen molar-refractivity contribution in [3.05, 3.63) is 24.0 Å². The van der Waals surface area contributed by atoms with Crippen LogP contribution in [0.1, 0.15) is 12.5 Å². The highest BCUT2D eigenvalue weighted by Crippen LogP contribution is 2.22. The van der Waals surface area contributed by atoms with E-state index < -0.39 is 0 Å². The molecule has 0 saturated carbocycles. The lowest BCUT2D eigenvalue weighted by molar-refractivity contribution is 0.0938. The SMILES string of the molecule is CCNCC1COCCN1c1ccncc1C. The number of pyridine rings is 1. The molecule has 0 aliphatic carbocycles. The predicted molar refractivity (Wildman–Crippen MR) is 69.5 cm³/mol. The number of morpholine rings is 1. The Labute approximate surface area is 103 Å². The van der Waals surface area contributed by atoms with Crippen molar-refractivity contribution < 1.29 is 4.74 Å². The molecule has 1 N–H and O–H groups in total. The van der Waals surface area contributed by atoms with Crippen molar-refractivity contribution in [2.75, 3.05) is 37.7 Å². The van der Waals surface area contributed by atoms with E-state index in [2.05, 4.69) is 35.1 Å². The zero-order valence-corrected chi connectivity index (χ0v) is 10.6. The van der Waals surface area contributed by atoms with Crippen LogP contribution in [0.25, 0.3) is 0 Å². The van der Waals surface area contributed by atoms with E-state index in [0.29, 0.717) is 6.04 Å². The van der Waals surface area contributed by atoms with Crippen LogP contribution >= 0.6 is 0 Å². The first-order chi connectivity index (χ1) is 8.33. The molecule has 0 amide bonds. The van der Waals surface area contributed by atoms with Gasteiger partial charge in [0.05, 0.1) is 19.3 Å². The van der Waals surface area contributed by atoms with Crippen molar-refractivity contribution in [2.24, 2.45) is 0 Å². The van der Waals surface area contributed by atoms with Crippen LogP contribution in [0.3, 0.4) is 0 Å². The molecule has 94 valence electrons. The summed E-state index contributed by atoms with van der Waals surface area (Å²) in [4.78, 5) is 6.59. The van der Waals surface area contributed by atoms with Crippen LogP contribution in [-0.4, -0.2) is 43.9 Å². The van der Waals surface area contributed by atoms with Gasteiger partial charge in [0, 0.05) is 31.2 Å². The van der Waals surface area contributed by atoms with Crippen molar-refractivity contribution in [1.82, 2.24) is 10.3 Å². The molecule has 1 saturated heterocycles. The maximum absolute atomic E-state index is 5.57. The average Bonchev–Trinajstić information content (AvgIpc) is 2.37. The third-order valence-electron chi connectivity index (χ3n) is 3.16. The number of hydrogen-bond donors (Lipinski definition) is 1. The van der Waals surface area contributed by atoms with Gasteiger partial charge in [-0.3, -0.25) is 4.98 Å². The quantitative estimate of drug-likeness (QED) is 0.851. The van der Waals surface area contributed by atoms with Gasteiger partial charge < -0.3 is 15.0 Å². The standard InChI is InChI=1S/C13H21N3O/c1-3-14-9-12-10-17-7-6-16(12)13-4-5-15-8-11(13)2/h4-5,8,12,14H,3,6-7,9-10H2,1-2H3. The molecule has 1 fully saturated rings. The maximum atomic E-state index is 5.57. The highest BCUT2D eigenvalue weighted by Gasteiger charge is 2.23. The van der Waals surface area contributed by atoms with Gasteiger partial charge in [0.25, 0.3) is 0 Å². The molecule has 0 radical (unpaired) electrons. The van der Waals surface area contributed by atoms with Crippen molar-refractivity contribution in [3.63, 3.8) is 0 Å². The molecule has 0 spiro atoms. The molecule has 1 unspecified atom stereocenters. The normalized spacial score (nSPS) is 20.6. The van der Waals surface area contributed by atoms with E-state index in [1.807, 2.05) is 12.4 Å². The van der Waals surface area contributed by atoms with E-state index in [-0.39, 0.29) is 0 Å². The Bertz CT molecular complexity index is 356. The van der Waals surface area contributed by atoms with Gasteiger partial charge in [0.1, 0.15) is 0 Å². The number of aryl methyl sites for hydroxylation is 1. The lowest BCUT2D eigenvalue weighted by Gasteiger charge is -2.38. The van der Waals surface area contributed by atoms with Gasteiger partial charge >= 0.3 is 0 Å². The minimum absolute atomic E-state index is 0.421. The van der Waals surface area contributed by atoms with Crippen LogP contribution in [-0.2, 0) is 4.74 Å². The first-order valence-electron chi connectivity index (χ1n) is 6.28. The lowest BCUT2D eigenvalue weighted by Crippen LogP contribution is -2.50. The highest BCUT2D eigenvalue weighted by molar-refractivity contribution is 5.52. The average molecular weight is 235 g/mol. The Hall–Kier alpha value is -1.13. The third kappa shape index (κ3) is 2.96. The molecule has 4 heteroatoms. The topological polar surface area (TPSA) is 37.4 Å². The van der Waals surface area contributed by atoms with Gasteiger partial charge in [-0.1, -0.05) is 6.92 Å². The van der Waals surface area contributed by atoms with Crippen molar-refractivity contribution >= 4 is 5.69 Å². The number of likely N-dealkylation sites (N-methyl/N-ethyl adjacent to an activating group) is 1. The number of nitrogens with zero attached hydrogens (tertiary/aromatic N) is 2. The van der Waals surface area contributed by atoms with Gasteiger partial charge in [-0.2, -0.15) is 0 Å². The smallest absolute Gasteiger partial charge is 0.0683 e. The molecule has 1 atom stereocenters. The summed E-state index contributed by atoms with van der Waals surface area (Å²) in [6.07, 6.45) is 3.79. The molecular weight excluding hydrogens is 214 g/mol. The Morgan fingerprint density at radius 3 is 3.24 bits per heavy atom. The molecule has 0 bridgehead atoms. The summed E-state index contributed by atoms with van der Waals surface area (Å²) < 4.78 is 5.57. The van der Waals surface area contributed by atoms with Crippen LogP contribution in [0.5, 0.6) is 0 Å². The molecule has 2 heterocycles. The Morgan fingerprint density at radius 2 is 2.47 bits per heavy atom. The summed E-state index contributed by atoms with van der Waals surface area (Å²) in [6, 6.07) is 2.52. The summed E-state index contributed by atoms with van der Waals surface area (Å²) >= 11 is 0. The van der Waals surface area contributed by atoms with Crippen LogP contribution in [0, 0.1) is 6.92 Å². The lowest BCUT2D eigenvalue weighted by atomic mass is 10.1. The minimum atomic E-state index is 0.421. The van der Waals surface area contributed by atoms with E-state index >= 15 is 0 Å². The fourth-order valence-electron chi connectivity index (χ4n) is 2.24. The summed E-state index contributed by atoms with van der Waals surface area (Å²) in [5, 5.41) is 3.40. The van der Waals surface area contributed by atoms with E-state index in [4.69, 9.17) is 4.74 Å². The molecule has 4 nitrogen and oxygen atoms in total. The van der Waals surface area contributed by atoms with Crippen LogP contribution < -0.4 is 10.2 Å². The number of aromatic nitrogens is 1. The van der Waals surface area contributed by atoms with E-state index in [9.17, 15) is 0 Å². The van der Waals surface area contributed by atoms with E-state index in [1.54, 1.807) is 0 Å². The fourth-order valence-corrected chi connectivity index (χ4v) is 2.24. The van der Waals surface area contributed by atoms with Gasteiger partial charge in [-0.05, 0) is 25.1 Å². The third-order valence-corrected chi connectivity index (χ3v) is 3.16. The van der Waals surface area contributed by atoms with Gasteiger partial charge in [-0.15, -0.1) is 0 Å². The number of nitrogens with one attached hydrogen (secondary N) is 1. The Balaban J connectivity index is 2.13. The summed E-state index contributed by atoms with van der Waals surface area (Å²) in [5.41, 5.74) is 2.52. The number of ether oxygens (including phenoxy) is 1. The molecule has 2 rings (SSSR count). The van der Waals surface area contributed by atoms with Crippen molar-refractivity contribution in [2.45, 2.75) is 19.9 Å². The minimum Gasteiger partial charge on any atom is -0.377 e. The number of anilines is 1. The Kier molecular flexibility index (Phi) is 4.34. The second kappa shape index (κ2) is 5.98. The van der Waals surface area contributed by atoms with Crippen LogP contribution in [0.2, 0.25) is 0 Å². The summed E-state index contributed by atoms with van der Waals surface area (Å²) in [7, 11) is 0. The molecule has 0 aromatic carbocycles. The summed E-state index contributed by atoms with van der Waals surface area (Å²) in [6.45, 7) is 8.78. The van der Waals surface area contributed by atoms with E-state index in [1.165, 1.54) is 11.3 Å². The molecule has 1 aromatic rings. The molecule has 17 heavy (non-hydrogen) atoms. The summed E-state index contributed by atoms with van der Waals surface area (Å²) in [5.74, 6) is 0. The van der Waals surface area contributed by atoms with Crippen molar-refractivity contribution in [3.8, 4) is 0 Å². The second-order valence-electron chi connectivity index (χ2n) is 4.39. The predicted octanol–water partition coefficient (Wildman–Crippen LogP) is 1.20. The first-order valence-corrected chi connectivity index (χ1v) is 6.28. The van der Waals surface area contributed by atoms with Gasteiger partial charge in [0.2, 0.25) is 0 Å². The zero-order valence-electron chi connectivity index (χ0n) is 10.6. The second-order valence-corrected chi connectivity index (χ2v) is 4.39. The first kappa shape index (κ1) is 12.3.